The number of aromatic hydroxyl groups is 1. The average molecular weight is 342 g/mol. The summed E-state index contributed by atoms with van der Waals surface area (Å²) in [5, 5.41) is 9.77. The average Bonchev–Trinajstić information content (AvgIpc) is 2.64. The highest BCUT2D eigenvalue weighted by Gasteiger charge is 2.26. The zero-order chi connectivity index (χ0) is 17.6. The number of aromatic nitrogens is 1. The maximum absolute atomic E-state index is 12.6. The Balaban J connectivity index is 1.86. The highest BCUT2D eigenvalue weighted by molar-refractivity contribution is 5.72. The van der Waals surface area contributed by atoms with Crippen molar-refractivity contribution in [3.05, 3.63) is 45.6 Å². The van der Waals surface area contributed by atoms with Gasteiger partial charge in [-0.05, 0) is 37.1 Å². The van der Waals surface area contributed by atoms with Crippen molar-refractivity contribution in [3.8, 4) is 17.0 Å². The van der Waals surface area contributed by atoms with Crippen molar-refractivity contribution in [1.82, 2.24) is 4.57 Å². The molecular weight excluding hydrogens is 320 g/mol. The Morgan fingerprint density at radius 1 is 1.28 bits per heavy atom. The Kier molecular flexibility index (Phi) is 4.01. The van der Waals surface area contributed by atoms with Crippen LogP contribution in [0.3, 0.4) is 0 Å². The number of phenolic OH excluding ortho intramolecular Hbond substituents is 1. The maximum atomic E-state index is 12.6. The van der Waals surface area contributed by atoms with Gasteiger partial charge in [0, 0.05) is 30.8 Å². The van der Waals surface area contributed by atoms with Crippen LogP contribution in [0.2, 0.25) is 0 Å². The van der Waals surface area contributed by atoms with Crippen LogP contribution in [0.1, 0.15) is 11.1 Å². The quantitative estimate of drug-likeness (QED) is 0.903. The number of nitrogens with zero attached hydrogens (tertiary/aromatic N) is 2. The number of phenols is 1. The molecule has 4 rings (SSSR count). The van der Waals surface area contributed by atoms with Gasteiger partial charge in [0.15, 0.2) is 11.7 Å². The number of rotatable bonds is 2. The van der Waals surface area contributed by atoms with Crippen LogP contribution >= 0.6 is 0 Å². The topological polar surface area (TPSA) is 63.9 Å². The van der Waals surface area contributed by atoms with E-state index in [1.807, 2.05) is 24.9 Å². The van der Waals surface area contributed by atoms with Gasteiger partial charge in [-0.15, -0.1) is 0 Å². The van der Waals surface area contributed by atoms with E-state index in [-0.39, 0.29) is 17.4 Å². The molecule has 2 aliphatic rings. The smallest absolute Gasteiger partial charge is 0.187 e. The van der Waals surface area contributed by atoms with E-state index < -0.39 is 0 Å². The number of benzene rings is 1. The van der Waals surface area contributed by atoms with E-state index in [1.165, 1.54) is 0 Å². The number of ether oxygens (including phenoxy) is 2. The van der Waals surface area contributed by atoms with Gasteiger partial charge in [0.05, 0.1) is 25.5 Å². The van der Waals surface area contributed by atoms with Crippen molar-refractivity contribution >= 4 is 5.82 Å². The van der Waals surface area contributed by atoms with Crippen LogP contribution in [0.5, 0.6) is 5.75 Å². The first kappa shape index (κ1) is 16.2. The molecule has 1 aromatic carbocycles. The fraction of sp³-hybridized carbons (Fsp3) is 0.421. The van der Waals surface area contributed by atoms with Gasteiger partial charge in [-0.2, -0.15) is 0 Å². The molecule has 0 amide bonds. The fourth-order valence-corrected chi connectivity index (χ4v) is 3.70. The molecule has 6 nitrogen and oxygen atoms in total. The molecule has 0 saturated carbocycles. The zero-order valence-electron chi connectivity index (χ0n) is 14.5. The first-order valence-corrected chi connectivity index (χ1v) is 8.55. The van der Waals surface area contributed by atoms with E-state index >= 15 is 0 Å². The molecule has 2 aromatic rings. The lowest BCUT2D eigenvalue weighted by atomic mass is 9.94. The summed E-state index contributed by atoms with van der Waals surface area (Å²) in [6.45, 7) is 4.26. The lowest BCUT2D eigenvalue weighted by molar-refractivity contribution is -0.0869. The van der Waals surface area contributed by atoms with Crippen LogP contribution < -0.4 is 10.3 Å². The molecule has 0 unspecified atom stereocenters. The van der Waals surface area contributed by atoms with E-state index in [0.717, 1.165) is 41.2 Å². The summed E-state index contributed by atoms with van der Waals surface area (Å²) < 4.78 is 13.5. The SMILES string of the molecule is Cc1c2n(c(N(C)[C@H]3COCCO3)cc1=O)CCc1cc(O)ccc1-2. The third kappa shape index (κ3) is 2.71. The molecular formula is C19H22N2O4. The minimum atomic E-state index is -0.200. The van der Waals surface area contributed by atoms with Gasteiger partial charge in [0.25, 0.3) is 0 Å². The third-order valence-electron chi connectivity index (χ3n) is 5.07. The van der Waals surface area contributed by atoms with Gasteiger partial charge >= 0.3 is 0 Å². The predicted octanol–water partition coefficient (Wildman–Crippen LogP) is 1.89. The van der Waals surface area contributed by atoms with Crippen molar-refractivity contribution in [2.24, 2.45) is 0 Å². The molecule has 1 atom stereocenters. The van der Waals surface area contributed by atoms with Gasteiger partial charge in [-0.1, -0.05) is 0 Å². The molecule has 0 bridgehead atoms. The highest BCUT2D eigenvalue weighted by Crippen LogP contribution is 2.35. The lowest BCUT2D eigenvalue weighted by Crippen LogP contribution is -2.44. The lowest BCUT2D eigenvalue weighted by Gasteiger charge is -2.36. The van der Waals surface area contributed by atoms with Crippen LogP contribution in [-0.4, -0.2) is 42.8 Å². The minimum Gasteiger partial charge on any atom is -0.508 e. The normalized spacial score (nSPS) is 19.2. The van der Waals surface area contributed by atoms with E-state index in [1.54, 1.807) is 18.2 Å². The number of hydrogen-bond donors (Lipinski definition) is 1. The Labute approximate surface area is 146 Å². The van der Waals surface area contributed by atoms with Gasteiger partial charge in [-0.25, -0.2) is 0 Å². The van der Waals surface area contributed by atoms with Gasteiger partial charge in [-0.3, -0.25) is 4.79 Å². The highest BCUT2D eigenvalue weighted by atomic mass is 16.6. The second-order valence-electron chi connectivity index (χ2n) is 6.59. The maximum Gasteiger partial charge on any atom is 0.187 e. The largest absolute Gasteiger partial charge is 0.508 e. The summed E-state index contributed by atoms with van der Waals surface area (Å²) in [6.07, 6.45) is 0.607. The van der Waals surface area contributed by atoms with Crippen molar-refractivity contribution in [3.63, 3.8) is 0 Å². The van der Waals surface area contributed by atoms with E-state index in [0.29, 0.717) is 19.8 Å². The molecule has 132 valence electrons. The van der Waals surface area contributed by atoms with E-state index in [4.69, 9.17) is 9.47 Å². The molecule has 2 aliphatic heterocycles. The van der Waals surface area contributed by atoms with E-state index in [2.05, 4.69) is 4.57 Å². The summed E-state index contributed by atoms with van der Waals surface area (Å²) in [7, 11) is 1.93. The van der Waals surface area contributed by atoms with Gasteiger partial charge in [0.1, 0.15) is 11.6 Å². The molecule has 25 heavy (non-hydrogen) atoms. The molecule has 1 fully saturated rings. The number of pyridine rings is 1. The number of anilines is 1. The number of aryl methyl sites for hydroxylation is 1. The van der Waals surface area contributed by atoms with Crippen LogP contribution in [0.4, 0.5) is 5.82 Å². The van der Waals surface area contributed by atoms with E-state index in [9.17, 15) is 9.90 Å². The van der Waals surface area contributed by atoms with Crippen molar-refractivity contribution < 1.29 is 14.6 Å². The summed E-state index contributed by atoms with van der Waals surface area (Å²) in [4.78, 5) is 14.6. The summed E-state index contributed by atoms with van der Waals surface area (Å²) >= 11 is 0. The first-order valence-electron chi connectivity index (χ1n) is 8.55. The van der Waals surface area contributed by atoms with Crippen LogP contribution in [0.25, 0.3) is 11.3 Å². The monoisotopic (exact) mass is 342 g/mol. The second kappa shape index (κ2) is 6.20. The minimum absolute atomic E-state index is 0.00533. The molecule has 1 saturated heterocycles. The Bertz CT molecular complexity index is 868. The summed E-state index contributed by atoms with van der Waals surface area (Å²) in [6, 6.07) is 7.04. The van der Waals surface area contributed by atoms with Gasteiger partial charge < -0.3 is 24.0 Å². The van der Waals surface area contributed by atoms with Gasteiger partial charge in [0.2, 0.25) is 0 Å². The van der Waals surface area contributed by atoms with Crippen molar-refractivity contribution in [1.29, 1.82) is 0 Å². The molecule has 0 spiro atoms. The first-order chi connectivity index (χ1) is 12.1. The summed E-state index contributed by atoms with van der Waals surface area (Å²) in [5.74, 6) is 1.09. The molecule has 1 N–H and O–H groups in total. The molecule has 1 aromatic heterocycles. The number of fused-ring (bicyclic) bond motifs is 3. The number of likely N-dealkylation sites (N-methyl/N-ethyl adjacent to an activating group) is 1. The van der Waals surface area contributed by atoms with Crippen molar-refractivity contribution in [2.75, 3.05) is 31.8 Å². The van der Waals surface area contributed by atoms with Crippen LogP contribution in [-0.2, 0) is 22.4 Å². The van der Waals surface area contributed by atoms with Crippen molar-refractivity contribution in [2.45, 2.75) is 26.1 Å². The molecule has 3 heterocycles. The number of hydrogen-bond acceptors (Lipinski definition) is 5. The van der Waals surface area contributed by atoms with Crippen LogP contribution in [0, 0.1) is 6.92 Å². The fourth-order valence-electron chi connectivity index (χ4n) is 3.70. The second-order valence-corrected chi connectivity index (χ2v) is 6.59. The molecule has 6 heteroatoms. The summed E-state index contributed by atoms with van der Waals surface area (Å²) in [5.41, 5.74) is 3.73. The Morgan fingerprint density at radius 2 is 2.12 bits per heavy atom. The Hall–Kier alpha value is -2.31. The zero-order valence-corrected chi connectivity index (χ0v) is 14.5. The third-order valence-corrected chi connectivity index (χ3v) is 5.07. The standard InChI is InChI=1S/C19H22N2O4/c1-12-16(23)10-17(20(2)18-11-24-7-8-25-18)21-6-5-13-9-14(22)3-4-15(13)19(12)21/h3-4,9-10,18,22H,5-8,11H2,1-2H3/t18-/m1/s1. The molecule has 0 radical (unpaired) electrons. The Morgan fingerprint density at radius 3 is 2.88 bits per heavy atom. The molecule has 0 aliphatic carbocycles. The van der Waals surface area contributed by atoms with Crippen LogP contribution in [0.15, 0.2) is 29.1 Å². The predicted molar refractivity (Wildman–Crippen MR) is 95.2 cm³/mol.